The van der Waals surface area contributed by atoms with Crippen LogP contribution in [-0.2, 0) is 0 Å². The smallest absolute Gasteiger partial charge is 0.0340 e. The molecule has 0 spiro atoms. The van der Waals surface area contributed by atoms with Crippen LogP contribution in [0, 0.1) is 0 Å². The SMILES string of the molecule is C=C/C(N)=C(\C=C/C)CC. The van der Waals surface area contributed by atoms with Gasteiger partial charge in [-0.2, -0.15) is 0 Å². The monoisotopic (exact) mass is 137 g/mol. The van der Waals surface area contributed by atoms with Crippen molar-refractivity contribution in [2.24, 2.45) is 5.73 Å². The van der Waals surface area contributed by atoms with E-state index in [0.717, 1.165) is 17.7 Å². The van der Waals surface area contributed by atoms with Crippen molar-refractivity contribution in [2.45, 2.75) is 20.3 Å². The van der Waals surface area contributed by atoms with Gasteiger partial charge in [0.15, 0.2) is 0 Å². The second-order valence-electron chi connectivity index (χ2n) is 2.04. The number of hydrogen-bond acceptors (Lipinski definition) is 1. The topological polar surface area (TPSA) is 26.0 Å². The Hall–Kier alpha value is -0.980. The summed E-state index contributed by atoms with van der Waals surface area (Å²) < 4.78 is 0. The molecule has 0 aromatic heterocycles. The van der Waals surface area contributed by atoms with Crippen LogP contribution in [0.1, 0.15) is 20.3 Å². The average molecular weight is 137 g/mol. The first-order valence-corrected chi connectivity index (χ1v) is 3.50. The molecule has 56 valence electrons. The Bertz CT molecular complexity index is 164. The van der Waals surface area contributed by atoms with E-state index in [1.54, 1.807) is 6.08 Å². The normalized spacial score (nSPS) is 13.4. The lowest BCUT2D eigenvalue weighted by Gasteiger charge is -1.99. The first kappa shape index (κ1) is 9.02. The van der Waals surface area contributed by atoms with Crippen molar-refractivity contribution in [1.82, 2.24) is 0 Å². The van der Waals surface area contributed by atoms with Crippen molar-refractivity contribution in [3.05, 3.63) is 36.1 Å². The summed E-state index contributed by atoms with van der Waals surface area (Å²) in [7, 11) is 0. The highest BCUT2D eigenvalue weighted by molar-refractivity contribution is 5.29. The van der Waals surface area contributed by atoms with Crippen LogP contribution in [0.15, 0.2) is 36.1 Å². The van der Waals surface area contributed by atoms with E-state index in [9.17, 15) is 0 Å². The third-order valence-corrected chi connectivity index (χ3v) is 1.34. The first-order valence-electron chi connectivity index (χ1n) is 3.50. The Morgan fingerprint density at radius 3 is 2.50 bits per heavy atom. The predicted molar refractivity (Wildman–Crippen MR) is 46.5 cm³/mol. The minimum Gasteiger partial charge on any atom is -0.399 e. The van der Waals surface area contributed by atoms with Crippen LogP contribution in [0.25, 0.3) is 0 Å². The fraction of sp³-hybridized carbons (Fsp3) is 0.333. The molecule has 0 heterocycles. The Morgan fingerprint density at radius 2 is 2.20 bits per heavy atom. The zero-order valence-electron chi connectivity index (χ0n) is 6.72. The van der Waals surface area contributed by atoms with Gasteiger partial charge in [-0.3, -0.25) is 0 Å². The van der Waals surface area contributed by atoms with Gasteiger partial charge in [0.25, 0.3) is 0 Å². The van der Waals surface area contributed by atoms with Crippen molar-refractivity contribution in [2.75, 3.05) is 0 Å². The molecule has 0 aliphatic heterocycles. The number of rotatable bonds is 3. The summed E-state index contributed by atoms with van der Waals surface area (Å²) in [5, 5.41) is 0. The van der Waals surface area contributed by atoms with E-state index in [1.807, 2.05) is 19.1 Å². The second-order valence-corrected chi connectivity index (χ2v) is 2.04. The van der Waals surface area contributed by atoms with Gasteiger partial charge in [-0.25, -0.2) is 0 Å². The van der Waals surface area contributed by atoms with Crippen molar-refractivity contribution < 1.29 is 0 Å². The lowest BCUT2D eigenvalue weighted by Crippen LogP contribution is -1.96. The van der Waals surface area contributed by atoms with Crippen molar-refractivity contribution in [1.29, 1.82) is 0 Å². The molecule has 1 nitrogen and oxygen atoms in total. The molecule has 0 rings (SSSR count). The molecule has 0 saturated heterocycles. The highest BCUT2D eigenvalue weighted by Gasteiger charge is 1.90. The summed E-state index contributed by atoms with van der Waals surface area (Å²) in [6.07, 6.45) is 6.63. The molecule has 0 atom stereocenters. The minimum atomic E-state index is 0.778. The Balaban J connectivity index is 4.44. The van der Waals surface area contributed by atoms with Crippen LogP contribution in [0.3, 0.4) is 0 Å². The van der Waals surface area contributed by atoms with Crippen LogP contribution >= 0.6 is 0 Å². The largest absolute Gasteiger partial charge is 0.399 e. The number of nitrogens with two attached hydrogens (primary N) is 1. The quantitative estimate of drug-likeness (QED) is 0.594. The fourth-order valence-electron chi connectivity index (χ4n) is 0.750. The van der Waals surface area contributed by atoms with Crippen LogP contribution in [0.2, 0.25) is 0 Å². The Labute approximate surface area is 62.9 Å². The Kier molecular flexibility index (Phi) is 4.38. The molecule has 0 bridgehead atoms. The third kappa shape index (κ3) is 2.53. The molecule has 10 heavy (non-hydrogen) atoms. The van der Waals surface area contributed by atoms with Crippen LogP contribution in [-0.4, -0.2) is 0 Å². The maximum Gasteiger partial charge on any atom is 0.0340 e. The lowest BCUT2D eigenvalue weighted by atomic mass is 10.1. The van der Waals surface area contributed by atoms with Gasteiger partial charge < -0.3 is 5.73 Å². The van der Waals surface area contributed by atoms with E-state index < -0.39 is 0 Å². The van der Waals surface area contributed by atoms with Gasteiger partial charge in [0.05, 0.1) is 0 Å². The third-order valence-electron chi connectivity index (χ3n) is 1.34. The Morgan fingerprint density at radius 1 is 1.60 bits per heavy atom. The zero-order chi connectivity index (χ0) is 7.98. The summed E-state index contributed by atoms with van der Waals surface area (Å²) in [5.41, 5.74) is 7.55. The molecule has 0 aromatic rings. The lowest BCUT2D eigenvalue weighted by molar-refractivity contribution is 1.11. The van der Waals surface area contributed by atoms with E-state index in [4.69, 9.17) is 5.73 Å². The molecule has 0 aliphatic carbocycles. The first-order chi connectivity index (χ1) is 4.76. The molecule has 1 heteroatoms. The molecule has 0 unspecified atom stereocenters. The summed E-state index contributed by atoms with van der Waals surface area (Å²) in [4.78, 5) is 0. The van der Waals surface area contributed by atoms with E-state index in [1.165, 1.54) is 0 Å². The summed E-state index contributed by atoms with van der Waals surface area (Å²) in [6, 6.07) is 0. The van der Waals surface area contributed by atoms with Gasteiger partial charge in [0.1, 0.15) is 0 Å². The standard InChI is InChI=1S/C9H15N/c1-4-7-8(5-2)9(10)6-3/h4,6-7H,3,5,10H2,1-2H3/b7-4-,9-8+. The molecule has 0 fully saturated rings. The van der Waals surface area contributed by atoms with Gasteiger partial charge in [-0.05, 0) is 25.0 Å². The highest BCUT2D eigenvalue weighted by atomic mass is 14.6. The van der Waals surface area contributed by atoms with Crippen LogP contribution in [0.4, 0.5) is 0 Å². The van der Waals surface area contributed by atoms with Crippen molar-refractivity contribution in [3.8, 4) is 0 Å². The second kappa shape index (κ2) is 4.86. The van der Waals surface area contributed by atoms with Gasteiger partial charge in [-0.15, -0.1) is 0 Å². The molecule has 2 N–H and O–H groups in total. The van der Waals surface area contributed by atoms with Crippen LogP contribution < -0.4 is 5.73 Å². The van der Waals surface area contributed by atoms with Crippen molar-refractivity contribution in [3.63, 3.8) is 0 Å². The zero-order valence-corrected chi connectivity index (χ0v) is 6.72. The minimum absolute atomic E-state index is 0.778. The van der Waals surface area contributed by atoms with Crippen molar-refractivity contribution >= 4 is 0 Å². The molecule has 0 aliphatic rings. The molecular formula is C9H15N. The van der Waals surface area contributed by atoms with E-state index >= 15 is 0 Å². The molecular weight excluding hydrogens is 122 g/mol. The summed E-state index contributed by atoms with van der Waals surface area (Å²) >= 11 is 0. The summed E-state index contributed by atoms with van der Waals surface area (Å²) in [5.74, 6) is 0. The molecule has 0 aromatic carbocycles. The van der Waals surface area contributed by atoms with E-state index in [-0.39, 0.29) is 0 Å². The predicted octanol–water partition coefficient (Wildman–Crippen LogP) is 2.37. The summed E-state index contributed by atoms with van der Waals surface area (Å²) in [6.45, 7) is 7.65. The fourth-order valence-corrected chi connectivity index (χ4v) is 0.750. The average Bonchev–Trinajstić information content (AvgIpc) is 1.99. The molecule has 0 radical (unpaired) electrons. The molecule has 0 saturated carbocycles. The van der Waals surface area contributed by atoms with Gasteiger partial charge >= 0.3 is 0 Å². The molecule has 0 amide bonds. The van der Waals surface area contributed by atoms with Gasteiger partial charge in [-0.1, -0.05) is 25.7 Å². The maximum absolute atomic E-state index is 5.62. The van der Waals surface area contributed by atoms with E-state index in [2.05, 4.69) is 13.5 Å². The van der Waals surface area contributed by atoms with Crippen LogP contribution in [0.5, 0.6) is 0 Å². The highest BCUT2D eigenvalue weighted by Crippen LogP contribution is 2.06. The van der Waals surface area contributed by atoms with Gasteiger partial charge in [0, 0.05) is 5.70 Å². The number of hydrogen-bond donors (Lipinski definition) is 1. The van der Waals surface area contributed by atoms with Gasteiger partial charge in [0.2, 0.25) is 0 Å². The number of allylic oxidation sites excluding steroid dienone is 4. The van der Waals surface area contributed by atoms with E-state index in [0.29, 0.717) is 0 Å². The maximum atomic E-state index is 5.62.